The Kier molecular flexibility index (Phi) is 5.27. The first-order valence-corrected chi connectivity index (χ1v) is 7.77. The number of nitrogens with two attached hydrogens (primary N) is 1. The zero-order valence-corrected chi connectivity index (χ0v) is 13.3. The smallest absolute Gasteiger partial charge is 0.313 e. The normalized spacial score (nSPS) is 12.1. The van der Waals surface area contributed by atoms with E-state index in [1.54, 1.807) is 30.5 Å². The van der Waals surface area contributed by atoms with E-state index in [2.05, 4.69) is 18.8 Å². The molecule has 0 bridgehead atoms. The third-order valence-corrected chi connectivity index (χ3v) is 4.34. The molecule has 6 heteroatoms. The number of carbonyl (C=O) groups is 2. The standard InChI is InChI=1S/C16H18N2O3S/c1-10(2)12-9-18-13(22-12)8-14(19)21-15(16(17)20)11-6-4-3-5-7-11/h3-7,9-10,15H,8H2,1-2H3,(H2,17,20). The first kappa shape index (κ1) is 16.2. The monoisotopic (exact) mass is 318 g/mol. The van der Waals surface area contributed by atoms with Gasteiger partial charge in [0, 0.05) is 16.6 Å². The first-order chi connectivity index (χ1) is 10.5. The second kappa shape index (κ2) is 7.17. The van der Waals surface area contributed by atoms with Gasteiger partial charge in [-0.2, -0.15) is 0 Å². The van der Waals surface area contributed by atoms with E-state index < -0.39 is 18.0 Å². The largest absolute Gasteiger partial charge is 0.447 e. The van der Waals surface area contributed by atoms with Gasteiger partial charge in [-0.15, -0.1) is 11.3 Å². The Labute approximate surface area is 133 Å². The van der Waals surface area contributed by atoms with Gasteiger partial charge in [-0.05, 0) is 5.92 Å². The molecule has 2 N–H and O–H groups in total. The van der Waals surface area contributed by atoms with Crippen LogP contribution >= 0.6 is 11.3 Å². The van der Waals surface area contributed by atoms with Crippen molar-refractivity contribution in [2.45, 2.75) is 32.3 Å². The van der Waals surface area contributed by atoms with Crippen LogP contribution in [0.25, 0.3) is 0 Å². The van der Waals surface area contributed by atoms with Crippen molar-refractivity contribution >= 4 is 23.2 Å². The summed E-state index contributed by atoms with van der Waals surface area (Å²) in [5, 5.41) is 0.671. The van der Waals surface area contributed by atoms with Gasteiger partial charge in [-0.1, -0.05) is 44.2 Å². The number of amides is 1. The van der Waals surface area contributed by atoms with Crippen LogP contribution in [0.4, 0.5) is 0 Å². The summed E-state index contributed by atoms with van der Waals surface area (Å²) in [7, 11) is 0. The number of aromatic nitrogens is 1. The fraction of sp³-hybridized carbons (Fsp3) is 0.312. The lowest BCUT2D eigenvalue weighted by Gasteiger charge is -2.14. The Morgan fingerprint density at radius 3 is 2.50 bits per heavy atom. The number of esters is 1. The lowest BCUT2D eigenvalue weighted by Crippen LogP contribution is -2.26. The molecule has 22 heavy (non-hydrogen) atoms. The fourth-order valence-corrected chi connectivity index (χ4v) is 2.80. The Morgan fingerprint density at radius 1 is 1.27 bits per heavy atom. The topological polar surface area (TPSA) is 82.3 Å². The number of hydrogen-bond acceptors (Lipinski definition) is 5. The molecule has 2 rings (SSSR count). The van der Waals surface area contributed by atoms with Crippen molar-refractivity contribution in [3.05, 3.63) is 52.0 Å². The number of hydrogen-bond donors (Lipinski definition) is 1. The molecule has 0 saturated carbocycles. The second-order valence-electron chi connectivity index (χ2n) is 5.17. The van der Waals surface area contributed by atoms with Gasteiger partial charge in [0.15, 0.2) is 0 Å². The number of carbonyl (C=O) groups excluding carboxylic acids is 2. The number of rotatable bonds is 6. The molecule has 0 fully saturated rings. The summed E-state index contributed by atoms with van der Waals surface area (Å²) in [5.74, 6) is -0.844. The van der Waals surface area contributed by atoms with Crippen LogP contribution in [0.1, 0.15) is 41.3 Å². The molecule has 116 valence electrons. The summed E-state index contributed by atoms with van der Waals surface area (Å²) >= 11 is 1.47. The summed E-state index contributed by atoms with van der Waals surface area (Å²) in [4.78, 5) is 28.8. The second-order valence-corrected chi connectivity index (χ2v) is 6.32. The molecule has 0 saturated heterocycles. The van der Waals surface area contributed by atoms with Crippen molar-refractivity contribution < 1.29 is 14.3 Å². The van der Waals surface area contributed by atoms with Crippen molar-refractivity contribution in [2.75, 3.05) is 0 Å². The molecule has 1 atom stereocenters. The summed E-state index contributed by atoms with van der Waals surface area (Å²) in [6.45, 7) is 4.13. The molecule has 0 aliphatic carbocycles. The first-order valence-electron chi connectivity index (χ1n) is 6.95. The van der Waals surface area contributed by atoms with E-state index in [-0.39, 0.29) is 6.42 Å². The van der Waals surface area contributed by atoms with Gasteiger partial charge in [0.25, 0.3) is 5.91 Å². The summed E-state index contributed by atoms with van der Waals surface area (Å²) in [5.41, 5.74) is 5.89. The summed E-state index contributed by atoms with van der Waals surface area (Å²) in [6.07, 6.45) is 0.729. The zero-order valence-electron chi connectivity index (χ0n) is 12.5. The van der Waals surface area contributed by atoms with E-state index in [0.29, 0.717) is 16.5 Å². The Hall–Kier alpha value is -2.21. The molecular weight excluding hydrogens is 300 g/mol. The molecule has 1 heterocycles. The zero-order chi connectivity index (χ0) is 16.1. The Morgan fingerprint density at radius 2 is 1.95 bits per heavy atom. The minimum absolute atomic E-state index is 0.0357. The van der Waals surface area contributed by atoms with Crippen molar-refractivity contribution in [1.29, 1.82) is 0 Å². The van der Waals surface area contributed by atoms with Gasteiger partial charge < -0.3 is 10.5 Å². The van der Waals surface area contributed by atoms with Crippen LogP contribution in [0.3, 0.4) is 0 Å². The van der Waals surface area contributed by atoms with Crippen LogP contribution in [0.2, 0.25) is 0 Å². The van der Waals surface area contributed by atoms with Gasteiger partial charge >= 0.3 is 5.97 Å². The molecule has 0 spiro atoms. The number of benzene rings is 1. The maximum absolute atomic E-state index is 12.0. The lowest BCUT2D eigenvalue weighted by atomic mass is 10.1. The number of ether oxygens (including phenoxy) is 1. The van der Waals surface area contributed by atoms with Crippen LogP contribution in [0.5, 0.6) is 0 Å². The van der Waals surface area contributed by atoms with Crippen LogP contribution in [-0.4, -0.2) is 16.9 Å². The van der Waals surface area contributed by atoms with Gasteiger partial charge in [-0.3, -0.25) is 9.59 Å². The molecule has 5 nitrogen and oxygen atoms in total. The molecule has 1 aromatic heterocycles. The van der Waals surface area contributed by atoms with Crippen LogP contribution in [0, 0.1) is 0 Å². The molecular formula is C16H18N2O3S. The van der Waals surface area contributed by atoms with E-state index in [9.17, 15) is 9.59 Å². The average Bonchev–Trinajstić information content (AvgIpc) is 2.94. The van der Waals surface area contributed by atoms with Crippen molar-refractivity contribution in [3.8, 4) is 0 Å². The van der Waals surface area contributed by atoms with Gasteiger partial charge in [0.1, 0.15) is 5.01 Å². The third-order valence-electron chi connectivity index (χ3n) is 3.05. The highest BCUT2D eigenvalue weighted by molar-refractivity contribution is 7.11. The third kappa shape index (κ3) is 4.14. The predicted molar refractivity (Wildman–Crippen MR) is 84.4 cm³/mol. The highest BCUT2D eigenvalue weighted by Gasteiger charge is 2.23. The number of nitrogens with zero attached hydrogens (tertiary/aromatic N) is 1. The molecule has 1 amide bonds. The fourth-order valence-electron chi connectivity index (χ4n) is 1.89. The molecule has 0 aliphatic heterocycles. The number of primary amides is 1. The molecule has 1 aromatic carbocycles. The lowest BCUT2D eigenvalue weighted by molar-refractivity contribution is -0.154. The van der Waals surface area contributed by atoms with Gasteiger partial charge in [-0.25, -0.2) is 4.98 Å². The van der Waals surface area contributed by atoms with E-state index in [1.165, 1.54) is 11.3 Å². The van der Waals surface area contributed by atoms with Crippen molar-refractivity contribution in [2.24, 2.45) is 5.73 Å². The SMILES string of the molecule is CC(C)c1cnc(CC(=O)OC(C(N)=O)c2ccccc2)s1. The summed E-state index contributed by atoms with van der Waals surface area (Å²) in [6, 6.07) is 8.72. The van der Waals surface area contributed by atoms with Crippen LogP contribution in [0.15, 0.2) is 36.5 Å². The maximum atomic E-state index is 12.0. The van der Waals surface area contributed by atoms with E-state index in [4.69, 9.17) is 10.5 Å². The molecule has 0 radical (unpaired) electrons. The minimum atomic E-state index is -1.07. The molecule has 0 aliphatic rings. The minimum Gasteiger partial charge on any atom is -0.447 e. The van der Waals surface area contributed by atoms with E-state index in [0.717, 1.165) is 4.88 Å². The summed E-state index contributed by atoms with van der Waals surface area (Å²) < 4.78 is 5.22. The highest BCUT2D eigenvalue weighted by Crippen LogP contribution is 2.23. The van der Waals surface area contributed by atoms with Crippen molar-refractivity contribution in [3.63, 3.8) is 0 Å². The highest BCUT2D eigenvalue weighted by atomic mass is 32.1. The average molecular weight is 318 g/mol. The van der Waals surface area contributed by atoms with E-state index in [1.807, 2.05) is 6.07 Å². The predicted octanol–water partition coefficient (Wildman–Crippen LogP) is 2.58. The molecule has 1 unspecified atom stereocenters. The van der Waals surface area contributed by atoms with Gasteiger partial charge in [0.2, 0.25) is 6.10 Å². The Balaban J connectivity index is 2.04. The molecule has 2 aromatic rings. The van der Waals surface area contributed by atoms with Crippen molar-refractivity contribution in [1.82, 2.24) is 4.98 Å². The maximum Gasteiger partial charge on any atom is 0.313 e. The number of thiazole rings is 1. The van der Waals surface area contributed by atoms with E-state index >= 15 is 0 Å². The van der Waals surface area contributed by atoms with Crippen LogP contribution < -0.4 is 5.73 Å². The quantitative estimate of drug-likeness (QED) is 0.830. The van der Waals surface area contributed by atoms with Crippen LogP contribution in [-0.2, 0) is 20.7 Å². The Bertz CT molecular complexity index is 652. The van der Waals surface area contributed by atoms with Gasteiger partial charge in [0.05, 0.1) is 6.42 Å².